The van der Waals surface area contributed by atoms with E-state index in [1.165, 1.54) is 11.6 Å². The molecule has 0 spiro atoms. The Kier molecular flexibility index (Phi) is 5.37. The number of carboxylic acid groups (broad SMARTS) is 1. The Hall–Kier alpha value is -3.08. The van der Waals surface area contributed by atoms with Gasteiger partial charge in [-0.15, -0.1) is 0 Å². The normalized spacial score (nSPS) is 11.9. The van der Waals surface area contributed by atoms with Gasteiger partial charge < -0.3 is 9.84 Å². The van der Waals surface area contributed by atoms with E-state index in [-0.39, 0.29) is 5.69 Å². The van der Waals surface area contributed by atoms with E-state index in [1.807, 2.05) is 42.5 Å². The molecule has 3 rings (SSSR count). The largest absolute Gasteiger partial charge is 0.488 e. The van der Waals surface area contributed by atoms with Gasteiger partial charge in [-0.2, -0.15) is 5.10 Å². The van der Waals surface area contributed by atoms with Gasteiger partial charge in [0.1, 0.15) is 18.1 Å². The van der Waals surface area contributed by atoms with Crippen LogP contribution in [-0.2, 0) is 6.61 Å². The lowest BCUT2D eigenvalue weighted by molar-refractivity contribution is 0.0690. The zero-order valence-corrected chi connectivity index (χ0v) is 14.9. The number of benzene rings is 2. The van der Waals surface area contributed by atoms with Gasteiger partial charge >= 0.3 is 5.97 Å². The van der Waals surface area contributed by atoms with Crippen molar-refractivity contribution in [3.05, 3.63) is 71.4 Å². The first-order chi connectivity index (χ1) is 12.6. The first kappa shape index (κ1) is 17.7. The number of aromatic nitrogens is 2. The van der Waals surface area contributed by atoms with Gasteiger partial charge in [0.15, 0.2) is 0 Å². The highest BCUT2D eigenvalue weighted by Crippen LogP contribution is 2.33. The number of aromatic carboxylic acids is 1. The Balaban J connectivity index is 1.95. The molecule has 5 nitrogen and oxygen atoms in total. The number of hydrogen-bond donors (Lipinski definition) is 2. The molecule has 134 valence electrons. The molecule has 3 aromatic rings. The summed E-state index contributed by atoms with van der Waals surface area (Å²) in [4.78, 5) is 11.2. The average Bonchev–Trinajstić information content (AvgIpc) is 3.17. The van der Waals surface area contributed by atoms with Gasteiger partial charge in [0, 0.05) is 5.56 Å². The predicted molar refractivity (Wildman–Crippen MR) is 100 cm³/mol. The molecule has 0 bridgehead atoms. The number of nitrogens with one attached hydrogen (secondary N) is 1. The number of hydrogen-bond acceptors (Lipinski definition) is 3. The van der Waals surface area contributed by atoms with Crippen molar-refractivity contribution in [3.63, 3.8) is 0 Å². The summed E-state index contributed by atoms with van der Waals surface area (Å²) >= 11 is 0. The molecule has 0 aliphatic rings. The maximum atomic E-state index is 11.2. The van der Waals surface area contributed by atoms with E-state index in [2.05, 4.69) is 30.1 Å². The van der Waals surface area contributed by atoms with E-state index in [4.69, 9.17) is 9.84 Å². The van der Waals surface area contributed by atoms with Gasteiger partial charge in [-0.05, 0) is 41.7 Å². The number of rotatable bonds is 7. The predicted octanol–water partition coefficient (Wildman–Crippen LogP) is 4.87. The molecule has 0 fully saturated rings. The number of H-pyrrole nitrogens is 1. The van der Waals surface area contributed by atoms with E-state index in [9.17, 15) is 4.79 Å². The topological polar surface area (TPSA) is 75.2 Å². The zero-order valence-electron chi connectivity index (χ0n) is 14.9. The first-order valence-corrected chi connectivity index (χ1v) is 8.68. The summed E-state index contributed by atoms with van der Waals surface area (Å²) in [6, 6.07) is 17.5. The summed E-state index contributed by atoms with van der Waals surface area (Å²) in [6.07, 6.45) is 1.02. The van der Waals surface area contributed by atoms with Crippen LogP contribution >= 0.6 is 0 Å². The summed E-state index contributed by atoms with van der Waals surface area (Å²) < 4.78 is 6.01. The maximum absolute atomic E-state index is 11.2. The van der Waals surface area contributed by atoms with Gasteiger partial charge in [0.25, 0.3) is 0 Å². The molecule has 1 heterocycles. The lowest BCUT2D eigenvalue weighted by Gasteiger charge is -2.15. The molecule has 1 unspecified atom stereocenters. The average molecular weight is 350 g/mol. The van der Waals surface area contributed by atoms with E-state index >= 15 is 0 Å². The van der Waals surface area contributed by atoms with Crippen LogP contribution in [0, 0.1) is 0 Å². The molecule has 0 aliphatic heterocycles. The van der Waals surface area contributed by atoms with Crippen molar-refractivity contribution in [1.29, 1.82) is 0 Å². The van der Waals surface area contributed by atoms with Gasteiger partial charge in [0.2, 0.25) is 0 Å². The Labute approximate surface area is 152 Å². The number of aromatic amines is 1. The molecule has 1 atom stereocenters. The molecule has 5 heteroatoms. The Bertz CT molecular complexity index is 887. The smallest absolute Gasteiger partial charge is 0.353 e. The van der Waals surface area contributed by atoms with Crippen LogP contribution in [-0.4, -0.2) is 21.3 Å². The third kappa shape index (κ3) is 3.94. The molecule has 0 aliphatic carbocycles. The highest BCUT2D eigenvalue weighted by molar-refractivity contribution is 5.87. The van der Waals surface area contributed by atoms with E-state index in [0.29, 0.717) is 24.0 Å². The third-order valence-corrected chi connectivity index (χ3v) is 4.51. The minimum atomic E-state index is -1.03. The number of nitrogens with zero attached hydrogens (tertiary/aromatic N) is 1. The summed E-state index contributed by atoms with van der Waals surface area (Å²) in [6.45, 7) is 4.74. The molecule has 0 saturated heterocycles. The minimum absolute atomic E-state index is 0.0583. The monoisotopic (exact) mass is 350 g/mol. The van der Waals surface area contributed by atoms with Gasteiger partial charge in [-0.1, -0.05) is 50.2 Å². The molecule has 1 aromatic heterocycles. The van der Waals surface area contributed by atoms with Gasteiger partial charge in [-0.3, -0.25) is 5.10 Å². The highest BCUT2D eigenvalue weighted by atomic mass is 16.5. The Morgan fingerprint density at radius 1 is 1.19 bits per heavy atom. The fraction of sp³-hybridized carbons (Fsp3) is 0.238. The van der Waals surface area contributed by atoms with Crippen molar-refractivity contribution in [2.24, 2.45) is 0 Å². The van der Waals surface area contributed by atoms with Crippen molar-refractivity contribution in [2.75, 3.05) is 0 Å². The van der Waals surface area contributed by atoms with Crippen LogP contribution in [0.15, 0.2) is 54.6 Å². The van der Waals surface area contributed by atoms with Gasteiger partial charge in [-0.25, -0.2) is 4.79 Å². The van der Waals surface area contributed by atoms with Crippen molar-refractivity contribution in [2.45, 2.75) is 32.8 Å². The molecule has 0 radical (unpaired) electrons. The van der Waals surface area contributed by atoms with E-state index in [0.717, 1.165) is 17.5 Å². The van der Waals surface area contributed by atoms with Crippen LogP contribution < -0.4 is 4.74 Å². The number of ether oxygens (including phenoxy) is 1. The fourth-order valence-electron chi connectivity index (χ4n) is 2.72. The number of carboxylic acids is 1. The van der Waals surface area contributed by atoms with Crippen LogP contribution in [0.2, 0.25) is 0 Å². The molecule has 0 amide bonds. The quantitative estimate of drug-likeness (QED) is 0.637. The van der Waals surface area contributed by atoms with Crippen molar-refractivity contribution in [1.82, 2.24) is 10.2 Å². The second kappa shape index (κ2) is 7.87. The van der Waals surface area contributed by atoms with Crippen molar-refractivity contribution < 1.29 is 14.6 Å². The standard InChI is InChI=1S/C21H22N2O3/c1-3-14(2)16-9-10-20(26-13-15-7-5-4-6-8-15)17(11-16)18-12-19(21(24)25)23-22-18/h4-12,14H,3,13H2,1-2H3,(H,22,23)(H,24,25). The maximum Gasteiger partial charge on any atom is 0.353 e. The van der Waals surface area contributed by atoms with E-state index in [1.54, 1.807) is 0 Å². The van der Waals surface area contributed by atoms with Crippen LogP contribution in [0.1, 0.15) is 47.8 Å². The van der Waals surface area contributed by atoms with E-state index < -0.39 is 5.97 Å². The molecule has 2 N–H and O–H groups in total. The SMILES string of the molecule is CCC(C)c1ccc(OCc2ccccc2)c(-c2cc(C(=O)O)[nH]n2)c1. The molecule has 0 saturated carbocycles. The molecular weight excluding hydrogens is 328 g/mol. The molecular formula is C21H22N2O3. The summed E-state index contributed by atoms with van der Waals surface area (Å²) in [7, 11) is 0. The summed E-state index contributed by atoms with van der Waals surface area (Å²) in [5.41, 5.74) is 3.66. The lowest BCUT2D eigenvalue weighted by Crippen LogP contribution is -1.99. The summed E-state index contributed by atoms with van der Waals surface area (Å²) in [5.74, 6) is 0.0488. The van der Waals surface area contributed by atoms with Crippen LogP contribution in [0.5, 0.6) is 5.75 Å². The van der Waals surface area contributed by atoms with Crippen LogP contribution in [0.3, 0.4) is 0 Å². The fourth-order valence-corrected chi connectivity index (χ4v) is 2.72. The minimum Gasteiger partial charge on any atom is -0.488 e. The number of carbonyl (C=O) groups is 1. The first-order valence-electron chi connectivity index (χ1n) is 8.68. The molecule has 2 aromatic carbocycles. The van der Waals surface area contributed by atoms with Crippen LogP contribution in [0.25, 0.3) is 11.3 Å². The summed E-state index contributed by atoms with van der Waals surface area (Å²) in [5, 5.41) is 15.9. The zero-order chi connectivity index (χ0) is 18.5. The van der Waals surface area contributed by atoms with Crippen molar-refractivity contribution >= 4 is 5.97 Å². The van der Waals surface area contributed by atoms with Gasteiger partial charge in [0.05, 0.1) is 5.69 Å². The lowest BCUT2D eigenvalue weighted by atomic mass is 9.95. The van der Waals surface area contributed by atoms with Crippen LogP contribution in [0.4, 0.5) is 0 Å². The second-order valence-electron chi connectivity index (χ2n) is 6.31. The Morgan fingerprint density at radius 2 is 1.96 bits per heavy atom. The highest BCUT2D eigenvalue weighted by Gasteiger charge is 2.16. The second-order valence-corrected chi connectivity index (χ2v) is 6.31. The Morgan fingerprint density at radius 3 is 2.62 bits per heavy atom. The molecule has 26 heavy (non-hydrogen) atoms. The van der Waals surface area contributed by atoms with Crippen molar-refractivity contribution in [3.8, 4) is 17.0 Å². The third-order valence-electron chi connectivity index (χ3n) is 4.51.